The third kappa shape index (κ3) is 3.75. The van der Waals surface area contributed by atoms with Crippen molar-refractivity contribution in [3.63, 3.8) is 0 Å². The van der Waals surface area contributed by atoms with E-state index in [9.17, 15) is 23.3 Å². The van der Waals surface area contributed by atoms with Crippen LogP contribution in [0.4, 0.5) is 24.5 Å². The maximum Gasteiger partial charge on any atom is 0.416 e. The van der Waals surface area contributed by atoms with Gasteiger partial charge in [-0.1, -0.05) is 29.8 Å². The summed E-state index contributed by atoms with van der Waals surface area (Å²) in [6, 6.07) is 9.91. The van der Waals surface area contributed by atoms with Gasteiger partial charge in [-0.15, -0.1) is 0 Å². The molecule has 0 aromatic heterocycles. The molecular formula is C15H13F3N2O2. The molecule has 0 aliphatic heterocycles. The summed E-state index contributed by atoms with van der Waals surface area (Å²) in [6.45, 7) is 2.19. The van der Waals surface area contributed by atoms with E-state index in [0.29, 0.717) is 6.07 Å². The normalized spacial score (nSPS) is 11.3. The lowest BCUT2D eigenvalue weighted by molar-refractivity contribution is -0.384. The van der Waals surface area contributed by atoms with E-state index in [4.69, 9.17) is 0 Å². The Hall–Kier alpha value is -2.57. The summed E-state index contributed by atoms with van der Waals surface area (Å²) >= 11 is 0. The van der Waals surface area contributed by atoms with Crippen molar-refractivity contribution in [3.05, 3.63) is 69.3 Å². The Balaban J connectivity index is 2.25. The Bertz CT molecular complexity index is 699. The van der Waals surface area contributed by atoms with Gasteiger partial charge in [0.25, 0.3) is 5.69 Å². The molecule has 0 atom stereocenters. The zero-order valence-electron chi connectivity index (χ0n) is 11.6. The molecule has 0 heterocycles. The van der Waals surface area contributed by atoms with Crippen LogP contribution in [0, 0.1) is 17.0 Å². The second kappa shape index (κ2) is 6.05. The Morgan fingerprint density at radius 3 is 2.50 bits per heavy atom. The van der Waals surface area contributed by atoms with Crippen molar-refractivity contribution in [1.82, 2.24) is 0 Å². The maximum atomic E-state index is 12.6. The Kier molecular flexibility index (Phi) is 4.35. The lowest BCUT2D eigenvalue weighted by atomic mass is 10.1. The molecule has 0 saturated carbocycles. The van der Waals surface area contributed by atoms with Crippen LogP contribution in [0.25, 0.3) is 0 Å². The highest BCUT2D eigenvalue weighted by Crippen LogP contribution is 2.35. The second-order valence-electron chi connectivity index (χ2n) is 4.83. The predicted molar refractivity (Wildman–Crippen MR) is 76.6 cm³/mol. The molecule has 0 spiro atoms. The number of hydrogen-bond acceptors (Lipinski definition) is 3. The van der Waals surface area contributed by atoms with E-state index >= 15 is 0 Å². The topological polar surface area (TPSA) is 55.2 Å². The SMILES string of the molecule is Cc1cccc(CNc2ccc(C(F)(F)F)cc2[N+](=O)[O-])c1. The van der Waals surface area contributed by atoms with Crippen LogP contribution in [-0.4, -0.2) is 4.92 Å². The summed E-state index contributed by atoms with van der Waals surface area (Å²) in [5.41, 5.74) is 0.331. The molecule has 2 aromatic carbocycles. The van der Waals surface area contributed by atoms with E-state index < -0.39 is 22.4 Å². The van der Waals surface area contributed by atoms with Gasteiger partial charge in [0.1, 0.15) is 5.69 Å². The van der Waals surface area contributed by atoms with Gasteiger partial charge in [0.2, 0.25) is 0 Å². The summed E-state index contributed by atoms with van der Waals surface area (Å²) in [6.07, 6.45) is -4.61. The number of nitrogens with one attached hydrogen (secondary N) is 1. The van der Waals surface area contributed by atoms with Gasteiger partial charge in [-0.05, 0) is 24.6 Å². The molecule has 2 aromatic rings. The second-order valence-corrected chi connectivity index (χ2v) is 4.83. The average molecular weight is 310 g/mol. The van der Waals surface area contributed by atoms with E-state index in [1.807, 2.05) is 31.2 Å². The Morgan fingerprint density at radius 1 is 1.18 bits per heavy atom. The van der Waals surface area contributed by atoms with Crippen LogP contribution in [0.3, 0.4) is 0 Å². The van der Waals surface area contributed by atoms with Crippen LogP contribution < -0.4 is 5.32 Å². The fourth-order valence-electron chi connectivity index (χ4n) is 2.03. The number of nitro benzene ring substituents is 1. The first kappa shape index (κ1) is 15.8. The van der Waals surface area contributed by atoms with Gasteiger partial charge in [0.15, 0.2) is 0 Å². The quantitative estimate of drug-likeness (QED) is 0.666. The van der Waals surface area contributed by atoms with Crippen LogP contribution in [0.1, 0.15) is 16.7 Å². The molecule has 22 heavy (non-hydrogen) atoms. The molecule has 0 radical (unpaired) electrons. The number of nitrogens with zero attached hydrogens (tertiary/aromatic N) is 1. The van der Waals surface area contributed by atoms with Crippen molar-refractivity contribution in [2.75, 3.05) is 5.32 Å². The van der Waals surface area contributed by atoms with Crippen LogP contribution in [-0.2, 0) is 12.7 Å². The first-order valence-electron chi connectivity index (χ1n) is 6.42. The van der Waals surface area contributed by atoms with Gasteiger partial charge < -0.3 is 5.32 Å². The third-order valence-electron chi connectivity index (χ3n) is 3.09. The zero-order valence-corrected chi connectivity index (χ0v) is 11.6. The highest BCUT2D eigenvalue weighted by molar-refractivity contribution is 5.63. The average Bonchev–Trinajstić information content (AvgIpc) is 2.44. The number of aryl methyl sites for hydroxylation is 1. The van der Waals surface area contributed by atoms with Gasteiger partial charge in [-0.2, -0.15) is 13.2 Å². The monoisotopic (exact) mass is 310 g/mol. The fraction of sp³-hybridized carbons (Fsp3) is 0.200. The van der Waals surface area contributed by atoms with Crippen molar-refractivity contribution < 1.29 is 18.1 Å². The van der Waals surface area contributed by atoms with E-state index in [0.717, 1.165) is 23.3 Å². The number of nitro groups is 1. The number of anilines is 1. The number of benzene rings is 2. The van der Waals surface area contributed by atoms with Crippen LogP contribution in [0.2, 0.25) is 0 Å². The van der Waals surface area contributed by atoms with Gasteiger partial charge in [-0.3, -0.25) is 10.1 Å². The Labute approximate surface area is 124 Å². The zero-order chi connectivity index (χ0) is 16.3. The lowest BCUT2D eigenvalue weighted by Gasteiger charge is -2.11. The van der Waals surface area contributed by atoms with Crippen molar-refractivity contribution in [1.29, 1.82) is 0 Å². The van der Waals surface area contributed by atoms with Crippen LogP contribution in [0.15, 0.2) is 42.5 Å². The summed E-state index contributed by atoms with van der Waals surface area (Å²) < 4.78 is 37.8. The third-order valence-corrected chi connectivity index (χ3v) is 3.09. The molecule has 0 fully saturated rings. The van der Waals surface area contributed by atoms with Crippen molar-refractivity contribution in [2.24, 2.45) is 0 Å². The summed E-state index contributed by atoms with van der Waals surface area (Å²) in [4.78, 5) is 10.1. The molecule has 1 N–H and O–H groups in total. The van der Waals surface area contributed by atoms with E-state index in [2.05, 4.69) is 5.32 Å². The van der Waals surface area contributed by atoms with Crippen LogP contribution in [0.5, 0.6) is 0 Å². The largest absolute Gasteiger partial charge is 0.416 e. The number of halogens is 3. The smallest absolute Gasteiger partial charge is 0.375 e. The van der Waals surface area contributed by atoms with Crippen LogP contribution >= 0.6 is 0 Å². The summed E-state index contributed by atoms with van der Waals surface area (Å²) in [7, 11) is 0. The van der Waals surface area contributed by atoms with E-state index in [1.165, 1.54) is 0 Å². The molecular weight excluding hydrogens is 297 g/mol. The van der Waals surface area contributed by atoms with Crippen molar-refractivity contribution in [3.8, 4) is 0 Å². The number of alkyl halides is 3. The molecule has 2 rings (SSSR count). The molecule has 0 saturated heterocycles. The standard InChI is InChI=1S/C15H13F3N2O2/c1-10-3-2-4-11(7-10)9-19-13-6-5-12(15(16,17)18)8-14(13)20(21)22/h2-8,19H,9H2,1H3. The number of rotatable bonds is 4. The minimum Gasteiger partial charge on any atom is -0.375 e. The van der Waals surface area contributed by atoms with E-state index in [-0.39, 0.29) is 12.2 Å². The molecule has 0 amide bonds. The van der Waals surface area contributed by atoms with Gasteiger partial charge in [0.05, 0.1) is 10.5 Å². The first-order chi connectivity index (χ1) is 10.3. The van der Waals surface area contributed by atoms with Gasteiger partial charge in [0, 0.05) is 12.6 Å². The minimum absolute atomic E-state index is 0.0551. The summed E-state index contributed by atoms with van der Waals surface area (Å²) in [5, 5.41) is 13.8. The molecule has 0 aliphatic rings. The first-order valence-corrected chi connectivity index (χ1v) is 6.42. The number of hydrogen-bond donors (Lipinski definition) is 1. The minimum atomic E-state index is -4.61. The molecule has 0 aliphatic carbocycles. The fourth-order valence-corrected chi connectivity index (χ4v) is 2.03. The van der Waals surface area contributed by atoms with E-state index in [1.54, 1.807) is 0 Å². The predicted octanol–water partition coefficient (Wildman–Crippen LogP) is 4.53. The molecule has 7 heteroatoms. The highest BCUT2D eigenvalue weighted by atomic mass is 19.4. The molecule has 0 bridgehead atoms. The lowest BCUT2D eigenvalue weighted by Crippen LogP contribution is -2.08. The van der Waals surface area contributed by atoms with Gasteiger partial charge in [-0.25, -0.2) is 0 Å². The van der Waals surface area contributed by atoms with Crippen molar-refractivity contribution >= 4 is 11.4 Å². The Morgan fingerprint density at radius 2 is 1.91 bits per heavy atom. The van der Waals surface area contributed by atoms with Gasteiger partial charge >= 0.3 is 6.18 Å². The van der Waals surface area contributed by atoms with Crippen molar-refractivity contribution in [2.45, 2.75) is 19.6 Å². The molecule has 116 valence electrons. The molecule has 0 unspecified atom stereocenters. The maximum absolute atomic E-state index is 12.6. The summed E-state index contributed by atoms with van der Waals surface area (Å²) in [5.74, 6) is 0. The molecule has 4 nitrogen and oxygen atoms in total. The highest BCUT2D eigenvalue weighted by Gasteiger charge is 2.32.